The van der Waals surface area contributed by atoms with E-state index in [1.807, 2.05) is 0 Å². The Hall–Kier alpha value is -0.620. The first-order chi connectivity index (χ1) is 11.9. The molecule has 0 aromatic rings. The van der Waals surface area contributed by atoms with Crippen LogP contribution in [0.5, 0.6) is 0 Å². The Morgan fingerprint density at radius 2 is 1.96 bits per heavy atom. The van der Waals surface area contributed by atoms with Gasteiger partial charge in [-0.25, -0.2) is 0 Å². The molecule has 2 unspecified atom stereocenters. The second kappa shape index (κ2) is 6.84. The van der Waals surface area contributed by atoms with Gasteiger partial charge in [0, 0.05) is 17.5 Å². The lowest BCUT2D eigenvalue weighted by Crippen LogP contribution is -2.53. The Kier molecular flexibility index (Phi) is 4.86. The lowest BCUT2D eigenvalue weighted by Gasteiger charge is -2.60. The molecule has 0 spiro atoms. The zero-order valence-electron chi connectivity index (χ0n) is 14.7. The number of carbonyl (C=O) groups excluding carboxylic acids is 2. The normalized spacial score (nSPS) is 41.7. The monoisotopic (exact) mass is 413 g/mol. The van der Waals surface area contributed by atoms with Gasteiger partial charge < -0.3 is 14.8 Å². The molecule has 0 aromatic heterocycles. The quantitative estimate of drug-likeness (QED) is 0.536. The minimum atomic E-state index is -0.230. The van der Waals surface area contributed by atoms with Crippen LogP contribution in [0, 0.1) is 17.3 Å². The SMILES string of the molecule is O=C(COC(=O)CC12C[C@@H]3C[C@@H](CC(Br)(C3)C1)C2)NC[C@@H]1CCCO1. The van der Waals surface area contributed by atoms with Crippen molar-refractivity contribution >= 4 is 27.8 Å². The zero-order chi connectivity index (χ0) is 17.5. The summed E-state index contributed by atoms with van der Waals surface area (Å²) in [5, 5.41) is 2.80. The number of alkyl halides is 1. The van der Waals surface area contributed by atoms with E-state index in [9.17, 15) is 9.59 Å². The Morgan fingerprint density at radius 1 is 1.20 bits per heavy atom. The van der Waals surface area contributed by atoms with E-state index in [0.717, 1.165) is 50.5 Å². The summed E-state index contributed by atoms with van der Waals surface area (Å²) in [4.78, 5) is 24.2. The van der Waals surface area contributed by atoms with Gasteiger partial charge in [0.25, 0.3) is 5.91 Å². The van der Waals surface area contributed by atoms with Crippen LogP contribution in [0.1, 0.15) is 57.8 Å². The highest BCUT2D eigenvalue weighted by Crippen LogP contribution is 2.65. The van der Waals surface area contributed by atoms with Gasteiger partial charge in [0.15, 0.2) is 6.61 Å². The fraction of sp³-hybridized carbons (Fsp3) is 0.895. The Balaban J connectivity index is 1.23. The summed E-state index contributed by atoms with van der Waals surface area (Å²) in [6.07, 6.45) is 9.83. The van der Waals surface area contributed by atoms with Gasteiger partial charge >= 0.3 is 5.97 Å². The van der Waals surface area contributed by atoms with E-state index in [2.05, 4.69) is 21.2 Å². The maximum absolute atomic E-state index is 12.4. The molecule has 4 bridgehead atoms. The number of nitrogens with one attached hydrogen (secondary N) is 1. The number of carbonyl (C=O) groups is 2. The first kappa shape index (κ1) is 17.8. The van der Waals surface area contributed by atoms with Gasteiger partial charge in [-0.3, -0.25) is 9.59 Å². The molecule has 5 atom stereocenters. The van der Waals surface area contributed by atoms with E-state index >= 15 is 0 Å². The van der Waals surface area contributed by atoms with E-state index in [-0.39, 0.29) is 34.3 Å². The van der Waals surface area contributed by atoms with Gasteiger partial charge in [0.05, 0.1) is 12.5 Å². The molecule has 5 fully saturated rings. The van der Waals surface area contributed by atoms with Crippen molar-refractivity contribution in [2.75, 3.05) is 19.8 Å². The Morgan fingerprint density at radius 3 is 2.60 bits per heavy atom. The number of rotatable bonds is 6. The van der Waals surface area contributed by atoms with Crippen molar-refractivity contribution in [3.63, 3.8) is 0 Å². The van der Waals surface area contributed by atoms with E-state index in [1.165, 1.54) is 19.3 Å². The van der Waals surface area contributed by atoms with Gasteiger partial charge in [0.1, 0.15) is 0 Å². The molecule has 1 amide bonds. The smallest absolute Gasteiger partial charge is 0.306 e. The van der Waals surface area contributed by atoms with Crippen LogP contribution in [-0.2, 0) is 19.1 Å². The van der Waals surface area contributed by atoms with Crippen molar-refractivity contribution in [2.24, 2.45) is 17.3 Å². The summed E-state index contributed by atoms with van der Waals surface area (Å²) in [6, 6.07) is 0. The molecule has 0 radical (unpaired) electrons. The Bertz CT molecular complexity index is 532. The molecule has 0 aromatic carbocycles. The predicted octanol–water partition coefficient (Wildman–Crippen LogP) is 2.95. The first-order valence-corrected chi connectivity index (χ1v) is 10.5. The highest BCUT2D eigenvalue weighted by molar-refractivity contribution is 9.10. The van der Waals surface area contributed by atoms with Crippen molar-refractivity contribution in [2.45, 2.75) is 68.2 Å². The van der Waals surface area contributed by atoms with E-state index in [4.69, 9.17) is 9.47 Å². The molecule has 1 heterocycles. The fourth-order valence-corrected chi connectivity index (χ4v) is 7.64. The minimum absolute atomic E-state index is 0.0961. The first-order valence-electron chi connectivity index (χ1n) is 9.67. The van der Waals surface area contributed by atoms with Crippen molar-refractivity contribution in [3.05, 3.63) is 0 Å². The number of amides is 1. The van der Waals surface area contributed by atoms with Crippen molar-refractivity contribution in [1.82, 2.24) is 5.32 Å². The van der Waals surface area contributed by atoms with Gasteiger partial charge in [-0.1, -0.05) is 15.9 Å². The molecule has 6 heteroatoms. The van der Waals surface area contributed by atoms with Gasteiger partial charge in [0.2, 0.25) is 0 Å². The lowest BCUT2D eigenvalue weighted by atomic mass is 9.49. The molecule has 1 saturated heterocycles. The maximum atomic E-state index is 12.4. The molecule has 5 rings (SSSR count). The molecule has 5 nitrogen and oxygen atoms in total. The van der Waals surface area contributed by atoms with Crippen molar-refractivity contribution in [3.8, 4) is 0 Å². The van der Waals surface area contributed by atoms with E-state index < -0.39 is 0 Å². The highest BCUT2D eigenvalue weighted by atomic mass is 79.9. The van der Waals surface area contributed by atoms with Crippen LogP contribution >= 0.6 is 15.9 Å². The maximum Gasteiger partial charge on any atom is 0.306 e. The third-order valence-electron chi connectivity index (χ3n) is 6.55. The van der Waals surface area contributed by atoms with Crippen LogP contribution < -0.4 is 5.32 Å². The van der Waals surface area contributed by atoms with Crippen molar-refractivity contribution < 1.29 is 19.1 Å². The fourth-order valence-electron chi connectivity index (χ4n) is 6.13. The number of halogens is 1. The molecule has 5 aliphatic rings. The van der Waals surface area contributed by atoms with Gasteiger partial charge in [-0.15, -0.1) is 0 Å². The predicted molar refractivity (Wildman–Crippen MR) is 96.3 cm³/mol. The molecule has 4 saturated carbocycles. The summed E-state index contributed by atoms with van der Waals surface area (Å²) in [7, 11) is 0. The molecular weight excluding hydrogens is 386 g/mol. The van der Waals surface area contributed by atoms with E-state index in [1.54, 1.807) is 0 Å². The number of hydrogen-bond donors (Lipinski definition) is 1. The molecule has 1 N–H and O–H groups in total. The lowest BCUT2D eigenvalue weighted by molar-refractivity contribution is -0.154. The number of hydrogen-bond acceptors (Lipinski definition) is 4. The summed E-state index contributed by atoms with van der Waals surface area (Å²) in [6.45, 7) is 1.11. The third kappa shape index (κ3) is 4.05. The number of esters is 1. The molecular formula is C19H28BrNO4. The minimum Gasteiger partial charge on any atom is -0.456 e. The van der Waals surface area contributed by atoms with E-state index in [0.29, 0.717) is 13.0 Å². The van der Waals surface area contributed by atoms with Crippen LogP contribution in [0.15, 0.2) is 0 Å². The summed E-state index contributed by atoms with van der Waals surface area (Å²) < 4.78 is 11.0. The summed E-state index contributed by atoms with van der Waals surface area (Å²) in [5.41, 5.74) is 0.0961. The molecule has 25 heavy (non-hydrogen) atoms. The van der Waals surface area contributed by atoms with Gasteiger partial charge in [-0.2, -0.15) is 0 Å². The van der Waals surface area contributed by atoms with Gasteiger partial charge in [-0.05, 0) is 68.6 Å². The molecule has 1 aliphatic heterocycles. The Labute approximate surface area is 157 Å². The topological polar surface area (TPSA) is 64.6 Å². The second-order valence-electron chi connectivity index (χ2n) is 8.89. The summed E-state index contributed by atoms with van der Waals surface area (Å²) >= 11 is 3.97. The zero-order valence-corrected chi connectivity index (χ0v) is 16.3. The third-order valence-corrected chi connectivity index (χ3v) is 7.47. The summed E-state index contributed by atoms with van der Waals surface area (Å²) in [5.74, 6) is 1.06. The molecule has 4 aliphatic carbocycles. The standard InChI is InChI=1S/C19H28BrNO4/c20-19-7-13-4-14(8-19)6-18(5-13,12-19)9-17(23)25-11-16(22)21-10-15-2-1-3-24-15/h13-15H,1-12H2,(H,21,22)/t13-,14+,15-,18?,19?/m0/s1. The van der Waals surface area contributed by atoms with Crippen LogP contribution in [-0.4, -0.2) is 42.1 Å². The van der Waals surface area contributed by atoms with Crippen LogP contribution in [0.25, 0.3) is 0 Å². The van der Waals surface area contributed by atoms with Crippen LogP contribution in [0.2, 0.25) is 0 Å². The second-order valence-corrected chi connectivity index (χ2v) is 10.6. The molecule has 140 valence electrons. The van der Waals surface area contributed by atoms with Crippen molar-refractivity contribution in [1.29, 1.82) is 0 Å². The average molecular weight is 414 g/mol. The van der Waals surface area contributed by atoms with Crippen LogP contribution in [0.4, 0.5) is 0 Å². The van der Waals surface area contributed by atoms with Crippen LogP contribution in [0.3, 0.4) is 0 Å². The largest absolute Gasteiger partial charge is 0.456 e. The highest BCUT2D eigenvalue weighted by Gasteiger charge is 2.57. The average Bonchev–Trinajstić information content (AvgIpc) is 3.01. The number of ether oxygens (including phenoxy) is 2.